The van der Waals surface area contributed by atoms with E-state index < -0.39 is 29.4 Å². The van der Waals surface area contributed by atoms with Gasteiger partial charge in [0.05, 0.1) is 19.3 Å². The van der Waals surface area contributed by atoms with Crippen molar-refractivity contribution < 1.29 is 27.0 Å². The molecule has 1 saturated heterocycles. The molecule has 0 spiro atoms. The Morgan fingerprint density at radius 3 is 1.94 bits per heavy atom. The van der Waals surface area contributed by atoms with Gasteiger partial charge in [-0.3, -0.25) is 0 Å². The molecular weight excluding hydrogens is 444 g/mol. The summed E-state index contributed by atoms with van der Waals surface area (Å²) in [6.45, 7) is 4.59. The van der Waals surface area contributed by atoms with Crippen LogP contribution in [0.5, 0.6) is 5.75 Å². The summed E-state index contributed by atoms with van der Waals surface area (Å²) < 4.78 is 69.6. The molecule has 1 aliphatic heterocycles. The summed E-state index contributed by atoms with van der Waals surface area (Å²) >= 11 is 0. The molecule has 180 valence electrons. The molecule has 1 heterocycles. The van der Waals surface area contributed by atoms with E-state index in [0.29, 0.717) is 30.1 Å². The van der Waals surface area contributed by atoms with Crippen molar-refractivity contribution in [3.63, 3.8) is 0 Å². The van der Waals surface area contributed by atoms with Gasteiger partial charge < -0.3 is 9.47 Å². The molecule has 0 saturated carbocycles. The van der Waals surface area contributed by atoms with Crippen LogP contribution >= 0.6 is 0 Å². The standard InChI is InChI=1S/C28H28F4O2/c1-3-5-17-6-14-23(34-16-17)22-12-11-20(25(29)27(22)31)18-7-9-19(10-8-18)21-13-15-24(33-4-2)28(32)26(21)30/h7-13,15,17,23H,3-6,14,16H2,1-2H3. The molecule has 0 aliphatic carbocycles. The first-order valence-electron chi connectivity index (χ1n) is 11.8. The predicted molar refractivity (Wildman–Crippen MR) is 125 cm³/mol. The Morgan fingerprint density at radius 2 is 1.38 bits per heavy atom. The van der Waals surface area contributed by atoms with Crippen LogP contribution in [-0.2, 0) is 4.74 Å². The number of ether oxygens (including phenoxy) is 2. The maximum Gasteiger partial charge on any atom is 0.201 e. The number of halogens is 4. The average molecular weight is 473 g/mol. The monoisotopic (exact) mass is 472 g/mol. The molecule has 0 amide bonds. The minimum atomic E-state index is -1.06. The normalized spacial score (nSPS) is 18.2. The van der Waals surface area contributed by atoms with Crippen molar-refractivity contribution in [1.82, 2.24) is 0 Å². The Kier molecular flexibility index (Phi) is 7.57. The maximum atomic E-state index is 15.0. The summed E-state index contributed by atoms with van der Waals surface area (Å²) in [5.41, 5.74) is 1.25. The number of hydrogen-bond donors (Lipinski definition) is 0. The third-order valence-electron chi connectivity index (χ3n) is 6.38. The maximum absolute atomic E-state index is 15.0. The van der Waals surface area contributed by atoms with E-state index in [1.165, 1.54) is 12.1 Å². The third kappa shape index (κ3) is 4.83. The molecule has 2 unspecified atom stereocenters. The van der Waals surface area contributed by atoms with Gasteiger partial charge in [-0.25, -0.2) is 13.2 Å². The zero-order valence-electron chi connectivity index (χ0n) is 19.3. The smallest absolute Gasteiger partial charge is 0.201 e. The molecule has 1 aliphatic rings. The minimum Gasteiger partial charge on any atom is -0.491 e. The first kappa shape index (κ1) is 24.3. The molecule has 3 aromatic rings. The van der Waals surface area contributed by atoms with E-state index in [4.69, 9.17) is 9.47 Å². The van der Waals surface area contributed by atoms with Crippen molar-refractivity contribution in [2.24, 2.45) is 5.92 Å². The molecule has 3 aromatic carbocycles. The summed E-state index contributed by atoms with van der Waals surface area (Å²) in [6.07, 6.45) is 3.31. The van der Waals surface area contributed by atoms with Crippen LogP contribution in [-0.4, -0.2) is 13.2 Å². The lowest BCUT2D eigenvalue weighted by Crippen LogP contribution is -2.21. The quantitative estimate of drug-likeness (QED) is 0.322. The SMILES string of the molecule is CCCC1CCC(c2ccc(-c3ccc(-c4ccc(OCC)c(F)c4F)cc3)c(F)c2F)OC1. The summed E-state index contributed by atoms with van der Waals surface area (Å²) in [5.74, 6) is -3.60. The summed E-state index contributed by atoms with van der Waals surface area (Å²) in [6, 6.07) is 12.2. The Morgan fingerprint density at radius 1 is 0.765 bits per heavy atom. The van der Waals surface area contributed by atoms with Gasteiger partial charge in [-0.1, -0.05) is 49.7 Å². The first-order chi connectivity index (χ1) is 16.4. The van der Waals surface area contributed by atoms with E-state index in [-0.39, 0.29) is 29.0 Å². The molecule has 0 bridgehead atoms. The topological polar surface area (TPSA) is 18.5 Å². The highest BCUT2D eigenvalue weighted by Gasteiger charge is 2.27. The van der Waals surface area contributed by atoms with E-state index in [9.17, 15) is 13.2 Å². The van der Waals surface area contributed by atoms with Crippen molar-refractivity contribution in [1.29, 1.82) is 0 Å². The highest BCUT2D eigenvalue weighted by atomic mass is 19.2. The lowest BCUT2D eigenvalue weighted by atomic mass is 9.90. The van der Waals surface area contributed by atoms with Gasteiger partial charge in [0, 0.05) is 16.7 Å². The summed E-state index contributed by atoms with van der Waals surface area (Å²) in [5, 5.41) is 0. The predicted octanol–water partition coefficient (Wildman–Crippen LogP) is 8.24. The molecular formula is C28H28F4O2. The van der Waals surface area contributed by atoms with E-state index in [1.54, 1.807) is 43.3 Å². The van der Waals surface area contributed by atoms with Crippen LogP contribution in [0.3, 0.4) is 0 Å². The zero-order valence-corrected chi connectivity index (χ0v) is 19.3. The first-order valence-corrected chi connectivity index (χ1v) is 11.8. The van der Waals surface area contributed by atoms with Gasteiger partial charge in [0.15, 0.2) is 23.2 Å². The van der Waals surface area contributed by atoms with E-state index in [0.717, 1.165) is 19.3 Å². The van der Waals surface area contributed by atoms with Crippen LogP contribution in [0.2, 0.25) is 0 Å². The molecule has 34 heavy (non-hydrogen) atoms. The number of benzene rings is 3. The van der Waals surface area contributed by atoms with E-state index in [1.807, 2.05) is 0 Å². The largest absolute Gasteiger partial charge is 0.491 e. The highest BCUT2D eigenvalue weighted by Crippen LogP contribution is 2.37. The van der Waals surface area contributed by atoms with Crippen LogP contribution in [0.4, 0.5) is 17.6 Å². The molecule has 2 nitrogen and oxygen atoms in total. The second-order valence-electron chi connectivity index (χ2n) is 8.63. The van der Waals surface area contributed by atoms with Crippen molar-refractivity contribution >= 4 is 0 Å². The van der Waals surface area contributed by atoms with E-state index >= 15 is 4.39 Å². The Labute approximate surface area is 197 Å². The lowest BCUT2D eigenvalue weighted by Gasteiger charge is -2.29. The van der Waals surface area contributed by atoms with Crippen LogP contribution in [0.25, 0.3) is 22.3 Å². The van der Waals surface area contributed by atoms with Crippen LogP contribution in [0.1, 0.15) is 51.2 Å². The van der Waals surface area contributed by atoms with Crippen molar-refractivity contribution in [2.75, 3.05) is 13.2 Å². The molecule has 0 radical (unpaired) electrons. The lowest BCUT2D eigenvalue weighted by molar-refractivity contribution is -0.0214. The van der Waals surface area contributed by atoms with Crippen molar-refractivity contribution in [2.45, 2.75) is 45.6 Å². The van der Waals surface area contributed by atoms with Crippen LogP contribution < -0.4 is 4.74 Å². The van der Waals surface area contributed by atoms with Gasteiger partial charge in [0.2, 0.25) is 5.82 Å². The molecule has 2 atom stereocenters. The Balaban J connectivity index is 1.56. The minimum absolute atomic E-state index is 0.0605. The molecule has 1 fully saturated rings. The second-order valence-corrected chi connectivity index (χ2v) is 8.63. The fourth-order valence-corrected chi connectivity index (χ4v) is 4.57. The van der Waals surface area contributed by atoms with Gasteiger partial charge in [0.25, 0.3) is 0 Å². The summed E-state index contributed by atoms with van der Waals surface area (Å²) in [7, 11) is 0. The Hall–Kier alpha value is -2.86. The Bertz CT molecular complexity index is 1140. The highest BCUT2D eigenvalue weighted by molar-refractivity contribution is 5.71. The fraction of sp³-hybridized carbons (Fsp3) is 0.357. The van der Waals surface area contributed by atoms with Crippen molar-refractivity contribution in [3.8, 4) is 28.0 Å². The molecule has 0 N–H and O–H groups in total. The number of hydrogen-bond acceptors (Lipinski definition) is 2. The van der Waals surface area contributed by atoms with Crippen LogP contribution in [0, 0.1) is 29.2 Å². The van der Waals surface area contributed by atoms with Gasteiger partial charge in [-0.05, 0) is 55.4 Å². The van der Waals surface area contributed by atoms with Crippen molar-refractivity contribution in [3.05, 3.63) is 77.4 Å². The number of rotatable bonds is 7. The van der Waals surface area contributed by atoms with Crippen LogP contribution in [0.15, 0.2) is 48.5 Å². The zero-order chi connectivity index (χ0) is 24.2. The van der Waals surface area contributed by atoms with Gasteiger partial charge >= 0.3 is 0 Å². The second kappa shape index (κ2) is 10.6. The van der Waals surface area contributed by atoms with E-state index in [2.05, 4.69) is 6.92 Å². The molecule has 0 aromatic heterocycles. The van der Waals surface area contributed by atoms with Gasteiger partial charge in [-0.15, -0.1) is 0 Å². The molecule has 4 rings (SSSR count). The fourth-order valence-electron chi connectivity index (χ4n) is 4.57. The summed E-state index contributed by atoms with van der Waals surface area (Å²) in [4.78, 5) is 0. The average Bonchev–Trinajstić information content (AvgIpc) is 2.85. The third-order valence-corrected chi connectivity index (χ3v) is 6.38. The molecule has 6 heteroatoms. The van der Waals surface area contributed by atoms with Gasteiger partial charge in [-0.2, -0.15) is 4.39 Å². The van der Waals surface area contributed by atoms with Gasteiger partial charge in [0.1, 0.15) is 0 Å².